The molecule has 0 aliphatic carbocycles. The Bertz CT molecular complexity index is 1500. The van der Waals surface area contributed by atoms with Crippen LogP contribution in [-0.2, 0) is 27.1 Å². The van der Waals surface area contributed by atoms with Gasteiger partial charge in [-0.3, -0.25) is 9.78 Å². The number of hydrogen-bond donors (Lipinski definition) is 0. The van der Waals surface area contributed by atoms with Crippen molar-refractivity contribution in [1.29, 1.82) is 0 Å². The molecule has 3 aromatic carbocycles. The molecule has 1 aliphatic rings. The molecule has 1 aromatic heterocycles. The number of ether oxygens (including phenoxy) is 2. The Kier molecular flexibility index (Phi) is 7.96. The van der Waals surface area contributed by atoms with E-state index in [9.17, 15) is 9.59 Å². The minimum atomic E-state index is -1.06. The Morgan fingerprint density at radius 1 is 1.08 bits per heavy atom. The summed E-state index contributed by atoms with van der Waals surface area (Å²) in [6, 6.07) is 23.1. The molecule has 1 saturated heterocycles. The minimum absolute atomic E-state index is 0.133. The maximum atomic E-state index is 14.2. The Hall–Kier alpha value is -3.74. The van der Waals surface area contributed by atoms with Gasteiger partial charge in [0, 0.05) is 28.3 Å². The molecule has 6 nitrogen and oxygen atoms in total. The number of aromatic nitrogens is 1. The first-order valence-corrected chi connectivity index (χ1v) is 13.6. The number of aryl methyl sites for hydroxylation is 2. The fourth-order valence-electron chi connectivity index (χ4n) is 5.25. The largest absolute Gasteiger partial charge is 0.447 e. The second kappa shape index (κ2) is 11.6. The molecule has 2 atom stereocenters. The van der Waals surface area contributed by atoms with Crippen molar-refractivity contribution in [2.24, 2.45) is 0 Å². The van der Waals surface area contributed by atoms with Gasteiger partial charge in [0.1, 0.15) is 6.61 Å². The molecule has 7 heteroatoms. The van der Waals surface area contributed by atoms with Crippen LogP contribution in [0.2, 0.25) is 5.02 Å². The zero-order chi connectivity index (χ0) is 27.5. The lowest BCUT2D eigenvalue weighted by molar-refractivity contribution is -0.141. The molecule has 2 heterocycles. The van der Waals surface area contributed by atoms with E-state index >= 15 is 0 Å². The van der Waals surface area contributed by atoms with Gasteiger partial charge in [0.05, 0.1) is 11.6 Å². The van der Waals surface area contributed by atoms with Crippen LogP contribution < -0.4 is 0 Å². The Balaban J connectivity index is 1.65. The number of imide groups is 1. The SMILES string of the molecule is CCO[C@H](C(=O)N1C(=O)OC[C@H]1Cc1ccccc1)c1c(C)nc2ccc(Cl)cc2c1-c1ccc(CC)cc1. The fraction of sp³-hybridized carbons (Fsp3) is 0.281. The highest BCUT2D eigenvalue weighted by Gasteiger charge is 2.43. The fourth-order valence-corrected chi connectivity index (χ4v) is 5.42. The molecule has 0 unspecified atom stereocenters. The maximum Gasteiger partial charge on any atom is 0.417 e. The highest BCUT2D eigenvalue weighted by Crippen LogP contribution is 2.40. The summed E-state index contributed by atoms with van der Waals surface area (Å²) in [5.41, 5.74) is 6.00. The van der Waals surface area contributed by atoms with Crippen LogP contribution in [0.5, 0.6) is 0 Å². The molecular weight excluding hydrogens is 512 g/mol. The van der Waals surface area contributed by atoms with E-state index in [0.717, 1.165) is 34.0 Å². The van der Waals surface area contributed by atoms with E-state index in [1.807, 2.05) is 68.4 Å². The van der Waals surface area contributed by atoms with Crippen LogP contribution in [0.25, 0.3) is 22.0 Å². The molecule has 1 fully saturated rings. The molecule has 0 N–H and O–H groups in total. The molecule has 0 saturated carbocycles. The van der Waals surface area contributed by atoms with E-state index in [0.29, 0.717) is 22.7 Å². The summed E-state index contributed by atoms with van der Waals surface area (Å²) >= 11 is 6.44. The van der Waals surface area contributed by atoms with E-state index in [4.69, 9.17) is 26.1 Å². The van der Waals surface area contributed by atoms with Gasteiger partial charge < -0.3 is 9.47 Å². The Morgan fingerprint density at radius 3 is 2.51 bits per heavy atom. The lowest BCUT2D eigenvalue weighted by atomic mass is 9.90. The van der Waals surface area contributed by atoms with Gasteiger partial charge in [-0.2, -0.15) is 0 Å². The van der Waals surface area contributed by atoms with Crippen LogP contribution in [-0.4, -0.2) is 41.1 Å². The van der Waals surface area contributed by atoms with Crippen LogP contribution in [0.3, 0.4) is 0 Å². The number of nitrogens with zero attached hydrogens (tertiary/aromatic N) is 2. The van der Waals surface area contributed by atoms with E-state index in [-0.39, 0.29) is 13.2 Å². The Morgan fingerprint density at radius 2 is 1.82 bits per heavy atom. The number of cyclic esters (lactones) is 1. The van der Waals surface area contributed by atoms with Gasteiger partial charge in [-0.25, -0.2) is 9.69 Å². The zero-order valence-corrected chi connectivity index (χ0v) is 23.1. The first-order chi connectivity index (χ1) is 18.9. The minimum Gasteiger partial charge on any atom is -0.447 e. The first-order valence-electron chi connectivity index (χ1n) is 13.3. The van der Waals surface area contributed by atoms with Gasteiger partial charge in [-0.05, 0) is 67.1 Å². The topological polar surface area (TPSA) is 68.7 Å². The van der Waals surface area contributed by atoms with Crippen molar-refractivity contribution in [2.75, 3.05) is 13.2 Å². The van der Waals surface area contributed by atoms with Gasteiger partial charge in [-0.1, -0.05) is 73.1 Å². The average molecular weight is 543 g/mol. The second-order valence-electron chi connectivity index (χ2n) is 9.66. The number of benzene rings is 3. The second-order valence-corrected chi connectivity index (χ2v) is 10.1. The van der Waals surface area contributed by atoms with Crippen molar-refractivity contribution >= 4 is 34.5 Å². The molecule has 4 aromatic rings. The predicted octanol–water partition coefficient (Wildman–Crippen LogP) is 7.09. The summed E-state index contributed by atoms with van der Waals surface area (Å²) in [5, 5.41) is 1.38. The molecule has 0 bridgehead atoms. The van der Waals surface area contributed by atoms with Crippen molar-refractivity contribution < 1.29 is 19.1 Å². The number of amides is 2. The molecule has 2 amide bonds. The number of pyridine rings is 1. The van der Waals surface area contributed by atoms with E-state index < -0.39 is 24.1 Å². The van der Waals surface area contributed by atoms with Crippen molar-refractivity contribution in [3.63, 3.8) is 0 Å². The molecular formula is C32H31ClN2O4. The summed E-state index contributed by atoms with van der Waals surface area (Å²) in [5.74, 6) is -0.460. The number of rotatable bonds is 8. The van der Waals surface area contributed by atoms with Crippen LogP contribution in [0.1, 0.15) is 42.3 Å². The number of carbonyl (C=O) groups is 2. The number of halogens is 1. The van der Waals surface area contributed by atoms with Crippen molar-refractivity contribution in [2.45, 2.75) is 45.8 Å². The molecule has 1 aliphatic heterocycles. The monoisotopic (exact) mass is 542 g/mol. The van der Waals surface area contributed by atoms with E-state index in [1.165, 1.54) is 10.5 Å². The normalized spacial score (nSPS) is 15.9. The van der Waals surface area contributed by atoms with Crippen LogP contribution in [0, 0.1) is 6.92 Å². The average Bonchev–Trinajstić information content (AvgIpc) is 3.31. The number of fused-ring (bicyclic) bond motifs is 1. The van der Waals surface area contributed by atoms with Crippen LogP contribution in [0.4, 0.5) is 4.79 Å². The summed E-state index contributed by atoms with van der Waals surface area (Å²) in [4.78, 5) is 33.2. The first kappa shape index (κ1) is 26.9. The number of carbonyl (C=O) groups excluding carboxylic acids is 2. The van der Waals surface area contributed by atoms with Gasteiger partial charge in [0.15, 0.2) is 6.10 Å². The van der Waals surface area contributed by atoms with Crippen LogP contribution in [0.15, 0.2) is 72.8 Å². The van der Waals surface area contributed by atoms with Crippen molar-refractivity contribution in [1.82, 2.24) is 9.88 Å². The summed E-state index contributed by atoms with van der Waals surface area (Å²) < 4.78 is 11.5. The maximum absolute atomic E-state index is 14.2. The van der Waals surface area contributed by atoms with Gasteiger partial charge in [0.25, 0.3) is 5.91 Å². The summed E-state index contributed by atoms with van der Waals surface area (Å²) in [7, 11) is 0. The highest BCUT2D eigenvalue weighted by molar-refractivity contribution is 6.31. The molecule has 0 radical (unpaired) electrons. The molecule has 200 valence electrons. The molecule has 39 heavy (non-hydrogen) atoms. The lowest BCUT2D eigenvalue weighted by Gasteiger charge is -2.28. The highest BCUT2D eigenvalue weighted by atomic mass is 35.5. The van der Waals surface area contributed by atoms with E-state index in [1.54, 1.807) is 6.07 Å². The van der Waals surface area contributed by atoms with Crippen molar-refractivity contribution in [3.05, 3.63) is 100 Å². The van der Waals surface area contributed by atoms with Gasteiger partial charge >= 0.3 is 6.09 Å². The quantitative estimate of drug-likeness (QED) is 0.238. The summed E-state index contributed by atoms with van der Waals surface area (Å²) in [6.45, 7) is 6.21. The van der Waals surface area contributed by atoms with E-state index in [2.05, 4.69) is 19.1 Å². The summed E-state index contributed by atoms with van der Waals surface area (Å²) in [6.07, 6.45) is -0.313. The predicted molar refractivity (Wildman–Crippen MR) is 153 cm³/mol. The van der Waals surface area contributed by atoms with Crippen molar-refractivity contribution in [3.8, 4) is 11.1 Å². The Labute approximate surface area is 233 Å². The lowest BCUT2D eigenvalue weighted by Crippen LogP contribution is -2.43. The number of hydrogen-bond acceptors (Lipinski definition) is 5. The third kappa shape index (κ3) is 5.40. The smallest absolute Gasteiger partial charge is 0.417 e. The third-order valence-electron chi connectivity index (χ3n) is 7.16. The van der Waals surface area contributed by atoms with Gasteiger partial charge in [-0.15, -0.1) is 0 Å². The zero-order valence-electron chi connectivity index (χ0n) is 22.3. The van der Waals surface area contributed by atoms with Gasteiger partial charge in [0.2, 0.25) is 0 Å². The standard InChI is InChI=1S/C32H31ClN2O4/c1-4-21-11-13-23(14-12-21)29-26-18-24(33)15-16-27(26)34-20(3)28(29)30(38-5-2)31(36)35-25(19-39-32(35)37)17-22-9-7-6-8-10-22/h6-16,18,25,30H,4-5,17,19H2,1-3H3/t25-,30+/m1/s1. The molecule has 0 spiro atoms. The third-order valence-corrected chi connectivity index (χ3v) is 7.39. The van der Waals surface area contributed by atoms with Crippen LogP contribution >= 0.6 is 11.6 Å². The molecule has 5 rings (SSSR count).